The Morgan fingerprint density at radius 2 is 0.902 bits per heavy atom. The number of hydrogen-bond acceptors (Lipinski definition) is 3. The molecule has 0 saturated carbocycles. The van der Waals surface area contributed by atoms with Gasteiger partial charge in [0.1, 0.15) is 0 Å². The van der Waals surface area contributed by atoms with Gasteiger partial charge >= 0.3 is 0 Å². The van der Waals surface area contributed by atoms with E-state index in [9.17, 15) is 0 Å². The first-order valence-corrected chi connectivity index (χ1v) is 17.9. The van der Waals surface area contributed by atoms with E-state index < -0.39 is 0 Å². The highest BCUT2D eigenvalue weighted by Crippen LogP contribution is 2.47. The van der Waals surface area contributed by atoms with E-state index in [0.29, 0.717) is 5.82 Å². The molecule has 10 rings (SSSR count). The molecule has 0 unspecified atom stereocenters. The summed E-state index contributed by atoms with van der Waals surface area (Å²) in [5, 5.41) is 0. The van der Waals surface area contributed by atoms with E-state index in [2.05, 4.69) is 134 Å². The fourth-order valence-electron chi connectivity index (χ4n) is 8.28. The highest BCUT2D eigenvalue weighted by atomic mass is 15.0. The molecule has 7 aromatic rings. The van der Waals surface area contributed by atoms with E-state index >= 15 is 0 Å². The van der Waals surface area contributed by atoms with Crippen molar-refractivity contribution in [2.75, 3.05) is 0 Å². The van der Waals surface area contributed by atoms with Crippen molar-refractivity contribution in [3.8, 4) is 67.3 Å². The van der Waals surface area contributed by atoms with Crippen molar-refractivity contribution in [1.82, 2.24) is 15.0 Å². The van der Waals surface area contributed by atoms with Crippen molar-refractivity contribution in [2.24, 2.45) is 0 Å². The molecule has 3 aliphatic carbocycles. The van der Waals surface area contributed by atoms with E-state index in [-0.39, 0.29) is 0 Å². The summed E-state index contributed by atoms with van der Waals surface area (Å²) in [5.74, 6) is 2.20. The Labute approximate surface area is 298 Å². The zero-order valence-corrected chi connectivity index (χ0v) is 28.5. The lowest BCUT2D eigenvalue weighted by Crippen LogP contribution is -2.04. The minimum absolute atomic E-state index is 0.713. The summed E-state index contributed by atoms with van der Waals surface area (Å²) in [6, 6.07) is 48.4. The van der Waals surface area contributed by atoms with Crippen molar-refractivity contribution >= 4 is 5.57 Å². The Bertz CT molecular complexity index is 2580. The summed E-state index contributed by atoms with van der Waals surface area (Å²) < 4.78 is 0. The Hall–Kier alpha value is -6.19. The average molecular weight is 654 g/mol. The van der Waals surface area contributed by atoms with Gasteiger partial charge in [0.05, 0.1) is 0 Å². The Kier molecular flexibility index (Phi) is 6.99. The Morgan fingerprint density at radius 1 is 0.392 bits per heavy atom. The minimum Gasteiger partial charge on any atom is -0.209 e. The first-order chi connectivity index (χ1) is 25.2. The summed E-state index contributed by atoms with van der Waals surface area (Å²) in [7, 11) is 0. The lowest BCUT2D eigenvalue weighted by atomic mass is 9.90. The Balaban J connectivity index is 1.02. The molecule has 0 atom stereocenters. The average Bonchev–Trinajstić information content (AvgIpc) is 3.76. The van der Waals surface area contributed by atoms with Crippen LogP contribution in [0.5, 0.6) is 0 Å². The van der Waals surface area contributed by atoms with Gasteiger partial charge in [0.25, 0.3) is 0 Å². The molecule has 0 aliphatic heterocycles. The monoisotopic (exact) mass is 653 g/mol. The minimum atomic E-state index is 0.713. The Morgan fingerprint density at radius 3 is 1.51 bits per heavy atom. The van der Waals surface area contributed by atoms with Gasteiger partial charge in [-0.15, -0.1) is 0 Å². The summed E-state index contributed by atoms with van der Waals surface area (Å²) in [6.07, 6.45) is 8.13. The van der Waals surface area contributed by atoms with Crippen LogP contribution in [0.1, 0.15) is 47.8 Å². The van der Waals surface area contributed by atoms with Crippen molar-refractivity contribution in [3.05, 3.63) is 179 Å². The predicted octanol–water partition coefficient (Wildman–Crippen LogP) is 11.8. The second-order valence-corrected chi connectivity index (χ2v) is 14.0. The van der Waals surface area contributed by atoms with Crippen molar-refractivity contribution in [2.45, 2.75) is 32.6 Å². The van der Waals surface area contributed by atoms with E-state index in [0.717, 1.165) is 48.5 Å². The van der Waals surface area contributed by atoms with E-state index in [1.54, 1.807) is 0 Å². The van der Waals surface area contributed by atoms with Gasteiger partial charge in [-0.25, -0.2) is 15.0 Å². The molecule has 0 radical (unpaired) electrons. The number of nitrogens with zero attached hydrogens (tertiary/aromatic N) is 3. The molecule has 3 heteroatoms. The maximum Gasteiger partial charge on any atom is 0.164 e. The number of aromatic nitrogens is 3. The van der Waals surface area contributed by atoms with E-state index in [1.807, 2.05) is 18.2 Å². The molecule has 3 aliphatic rings. The van der Waals surface area contributed by atoms with Gasteiger partial charge < -0.3 is 0 Å². The largest absolute Gasteiger partial charge is 0.209 e. The molecule has 0 saturated heterocycles. The molecule has 0 fully saturated rings. The molecule has 6 aromatic carbocycles. The normalized spacial score (nSPS) is 13.9. The van der Waals surface area contributed by atoms with Crippen LogP contribution >= 0.6 is 0 Å². The lowest BCUT2D eigenvalue weighted by Gasteiger charge is -2.14. The third-order valence-electron chi connectivity index (χ3n) is 10.8. The van der Waals surface area contributed by atoms with Crippen LogP contribution in [0.15, 0.2) is 151 Å². The molecular weight excluding hydrogens is 619 g/mol. The van der Waals surface area contributed by atoms with Gasteiger partial charge in [-0.05, 0) is 111 Å². The molecule has 242 valence electrons. The zero-order valence-electron chi connectivity index (χ0n) is 28.5. The summed E-state index contributed by atoms with van der Waals surface area (Å²) >= 11 is 0. The SMILES string of the molecule is CC1=CCC=C(c2nc(-c3ccccc3)nc(-c3ccc4c(c3)Cc3c-4cccc3-c3cccc4c3Cc3cc(-c5ccccc5)ccc3-4)n2)C1. The molecule has 51 heavy (non-hydrogen) atoms. The fraction of sp³-hybridized carbons (Fsp3) is 0.104. The fourth-order valence-corrected chi connectivity index (χ4v) is 8.28. The first-order valence-electron chi connectivity index (χ1n) is 17.9. The number of benzene rings is 6. The van der Waals surface area contributed by atoms with Crippen LogP contribution < -0.4 is 0 Å². The van der Waals surface area contributed by atoms with Gasteiger partial charge in [-0.1, -0.05) is 145 Å². The summed E-state index contributed by atoms with van der Waals surface area (Å²) in [5.41, 5.74) is 20.6. The standard InChI is InChI=1S/C48H35N3/c1-30-11-8-16-34(25-30)47-49-46(32-14-6-3-7-15-32)50-48(51-47)35-22-24-39-37(27-35)29-45-41(39)18-10-20-43(45)42-19-9-17-40-38-23-21-33(26-36(38)28-44(40)42)31-12-4-2-5-13-31/h2-7,9-24,26-27H,8,25,28-29H2,1H3. The highest BCUT2D eigenvalue weighted by molar-refractivity contribution is 5.91. The van der Waals surface area contributed by atoms with Crippen molar-refractivity contribution in [3.63, 3.8) is 0 Å². The molecule has 0 bridgehead atoms. The molecule has 1 heterocycles. The molecule has 1 aromatic heterocycles. The van der Waals surface area contributed by atoms with Crippen molar-refractivity contribution in [1.29, 1.82) is 0 Å². The smallest absolute Gasteiger partial charge is 0.164 e. The highest BCUT2D eigenvalue weighted by Gasteiger charge is 2.27. The van der Waals surface area contributed by atoms with Gasteiger partial charge in [0.15, 0.2) is 17.5 Å². The van der Waals surface area contributed by atoms with Crippen LogP contribution in [0.4, 0.5) is 0 Å². The quantitative estimate of drug-likeness (QED) is 0.174. The van der Waals surface area contributed by atoms with Crippen LogP contribution in [0.25, 0.3) is 72.9 Å². The topological polar surface area (TPSA) is 38.7 Å². The van der Waals surface area contributed by atoms with E-state index in [1.165, 1.54) is 77.9 Å². The summed E-state index contributed by atoms with van der Waals surface area (Å²) in [6.45, 7) is 2.18. The molecule has 0 amide bonds. The van der Waals surface area contributed by atoms with Crippen LogP contribution in [-0.4, -0.2) is 15.0 Å². The second kappa shape index (κ2) is 12.0. The third kappa shape index (κ3) is 5.16. The van der Waals surface area contributed by atoms with Crippen LogP contribution in [0.3, 0.4) is 0 Å². The van der Waals surface area contributed by atoms with Crippen LogP contribution in [-0.2, 0) is 12.8 Å². The second-order valence-electron chi connectivity index (χ2n) is 14.0. The number of hydrogen-bond donors (Lipinski definition) is 0. The molecular formula is C48H35N3. The molecule has 3 nitrogen and oxygen atoms in total. The number of allylic oxidation sites excluding steroid dienone is 4. The lowest BCUT2D eigenvalue weighted by molar-refractivity contribution is 1.00. The number of rotatable bonds is 5. The van der Waals surface area contributed by atoms with Crippen LogP contribution in [0, 0.1) is 0 Å². The summed E-state index contributed by atoms with van der Waals surface area (Å²) in [4.78, 5) is 15.1. The zero-order chi connectivity index (χ0) is 33.9. The van der Waals surface area contributed by atoms with Gasteiger partial charge in [-0.3, -0.25) is 0 Å². The van der Waals surface area contributed by atoms with Gasteiger partial charge in [0.2, 0.25) is 0 Å². The van der Waals surface area contributed by atoms with E-state index in [4.69, 9.17) is 15.0 Å². The molecule has 0 N–H and O–H groups in total. The van der Waals surface area contributed by atoms with Gasteiger partial charge in [0, 0.05) is 11.1 Å². The maximum absolute atomic E-state index is 5.09. The van der Waals surface area contributed by atoms with Crippen molar-refractivity contribution < 1.29 is 0 Å². The maximum atomic E-state index is 5.09. The molecule has 0 spiro atoms. The van der Waals surface area contributed by atoms with Gasteiger partial charge in [-0.2, -0.15) is 0 Å². The third-order valence-corrected chi connectivity index (χ3v) is 10.8. The predicted molar refractivity (Wildman–Crippen MR) is 209 cm³/mol. The van der Waals surface area contributed by atoms with Crippen LogP contribution in [0.2, 0.25) is 0 Å². The first kappa shape index (κ1) is 29.7. The number of fused-ring (bicyclic) bond motifs is 6.